The van der Waals surface area contributed by atoms with Crippen molar-refractivity contribution in [1.82, 2.24) is 10.3 Å². The van der Waals surface area contributed by atoms with Crippen molar-refractivity contribution in [3.05, 3.63) is 52.3 Å². The Labute approximate surface area is 93.8 Å². The molecule has 1 aromatic carbocycles. The molecule has 2 rings (SSSR count). The van der Waals surface area contributed by atoms with Crippen molar-refractivity contribution in [3.63, 3.8) is 0 Å². The summed E-state index contributed by atoms with van der Waals surface area (Å²) in [5.41, 5.74) is 2.02. The highest BCUT2D eigenvalue weighted by Crippen LogP contribution is 2.11. The molecule has 0 saturated carbocycles. The van der Waals surface area contributed by atoms with Crippen molar-refractivity contribution in [1.29, 1.82) is 0 Å². The van der Waals surface area contributed by atoms with E-state index in [-0.39, 0.29) is 5.43 Å². The number of nitrogens with one attached hydrogen (secondary N) is 2. The van der Waals surface area contributed by atoms with E-state index in [0.29, 0.717) is 0 Å². The first-order valence-corrected chi connectivity index (χ1v) is 5.24. The Morgan fingerprint density at radius 3 is 3.06 bits per heavy atom. The zero-order valence-corrected chi connectivity index (χ0v) is 9.16. The van der Waals surface area contributed by atoms with Crippen LogP contribution >= 0.6 is 0 Å². The van der Waals surface area contributed by atoms with Gasteiger partial charge in [-0.1, -0.05) is 18.2 Å². The molecule has 16 heavy (non-hydrogen) atoms. The van der Waals surface area contributed by atoms with Gasteiger partial charge in [-0.3, -0.25) is 4.79 Å². The van der Waals surface area contributed by atoms with E-state index in [2.05, 4.69) is 10.3 Å². The zero-order valence-electron chi connectivity index (χ0n) is 9.16. The number of benzene rings is 1. The maximum Gasteiger partial charge on any atom is 0.189 e. The second-order valence-electron chi connectivity index (χ2n) is 3.61. The first-order chi connectivity index (χ1) is 7.81. The molecule has 0 fully saturated rings. The maximum absolute atomic E-state index is 11.5. The molecule has 3 heteroatoms. The van der Waals surface area contributed by atoms with Crippen LogP contribution < -0.4 is 10.7 Å². The Morgan fingerprint density at radius 2 is 2.25 bits per heavy atom. The third kappa shape index (κ3) is 2.20. The summed E-state index contributed by atoms with van der Waals surface area (Å²) >= 11 is 0. The summed E-state index contributed by atoms with van der Waals surface area (Å²) in [6.07, 6.45) is 5.75. The third-order valence-corrected chi connectivity index (χ3v) is 2.41. The van der Waals surface area contributed by atoms with Crippen LogP contribution in [0.4, 0.5) is 0 Å². The second-order valence-corrected chi connectivity index (χ2v) is 3.61. The lowest BCUT2D eigenvalue weighted by Crippen LogP contribution is -2.03. The van der Waals surface area contributed by atoms with Gasteiger partial charge < -0.3 is 10.3 Å². The summed E-state index contributed by atoms with van der Waals surface area (Å²) in [5.74, 6) is 0. The highest BCUT2D eigenvalue weighted by atomic mass is 16.1. The van der Waals surface area contributed by atoms with E-state index in [9.17, 15) is 4.79 Å². The number of aromatic nitrogens is 1. The SMILES string of the molecule is CNCC=Cc1ccc2c(=O)cc[nH]c2c1. The summed E-state index contributed by atoms with van der Waals surface area (Å²) in [4.78, 5) is 14.6. The van der Waals surface area contributed by atoms with Crippen LogP contribution in [-0.2, 0) is 0 Å². The molecule has 0 radical (unpaired) electrons. The first kappa shape index (κ1) is 10.6. The van der Waals surface area contributed by atoms with Gasteiger partial charge in [0.2, 0.25) is 0 Å². The van der Waals surface area contributed by atoms with E-state index in [1.165, 1.54) is 0 Å². The predicted molar refractivity (Wildman–Crippen MR) is 67.5 cm³/mol. The number of rotatable bonds is 3. The van der Waals surface area contributed by atoms with Crippen LogP contribution in [0, 0.1) is 0 Å². The van der Waals surface area contributed by atoms with Gasteiger partial charge in [-0.15, -0.1) is 0 Å². The minimum Gasteiger partial charge on any atom is -0.361 e. The molecule has 1 heterocycles. The Bertz CT molecular complexity index is 569. The largest absolute Gasteiger partial charge is 0.361 e. The molecule has 2 aromatic rings. The smallest absolute Gasteiger partial charge is 0.189 e. The molecular weight excluding hydrogens is 200 g/mol. The molecule has 1 aromatic heterocycles. The monoisotopic (exact) mass is 214 g/mol. The van der Waals surface area contributed by atoms with Crippen molar-refractivity contribution >= 4 is 17.0 Å². The highest BCUT2D eigenvalue weighted by Gasteiger charge is 1.97. The van der Waals surface area contributed by atoms with Gasteiger partial charge in [-0.25, -0.2) is 0 Å². The molecular formula is C13H14N2O. The van der Waals surface area contributed by atoms with E-state index < -0.39 is 0 Å². The minimum atomic E-state index is 0.0551. The number of aromatic amines is 1. The van der Waals surface area contributed by atoms with Crippen molar-refractivity contribution in [2.75, 3.05) is 13.6 Å². The van der Waals surface area contributed by atoms with Gasteiger partial charge in [0.1, 0.15) is 0 Å². The van der Waals surface area contributed by atoms with Crippen molar-refractivity contribution < 1.29 is 0 Å². The van der Waals surface area contributed by atoms with Crippen LogP contribution in [-0.4, -0.2) is 18.6 Å². The van der Waals surface area contributed by atoms with Crippen LogP contribution in [0.3, 0.4) is 0 Å². The van der Waals surface area contributed by atoms with Gasteiger partial charge >= 0.3 is 0 Å². The third-order valence-electron chi connectivity index (χ3n) is 2.41. The molecule has 3 nitrogen and oxygen atoms in total. The summed E-state index contributed by atoms with van der Waals surface area (Å²) in [6, 6.07) is 7.32. The van der Waals surface area contributed by atoms with Gasteiger partial charge in [-0.2, -0.15) is 0 Å². The van der Waals surface area contributed by atoms with Gasteiger partial charge in [0.15, 0.2) is 5.43 Å². The van der Waals surface area contributed by atoms with E-state index in [1.54, 1.807) is 12.3 Å². The van der Waals surface area contributed by atoms with E-state index in [4.69, 9.17) is 0 Å². The topological polar surface area (TPSA) is 44.9 Å². The number of H-pyrrole nitrogens is 1. The van der Waals surface area contributed by atoms with Crippen LogP contribution in [0.15, 0.2) is 41.3 Å². The molecule has 0 spiro atoms. The van der Waals surface area contributed by atoms with Crippen LogP contribution in [0.25, 0.3) is 17.0 Å². The first-order valence-electron chi connectivity index (χ1n) is 5.24. The normalized spacial score (nSPS) is 11.3. The Hall–Kier alpha value is -1.87. The zero-order chi connectivity index (χ0) is 11.4. The molecule has 0 saturated heterocycles. The highest BCUT2D eigenvalue weighted by molar-refractivity contribution is 5.80. The van der Waals surface area contributed by atoms with E-state index >= 15 is 0 Å². The average Bonchev–Trinajstić information content (AvgIpc) is 2.30. The van der Waals surface area contributed by atoms with Gasteiger partial charge in [-0.05, 0) is 24.7 Å². The van der Waals surface area contributed by atoms with Crippen LogP contribution in [0.1, 0.15) is 5.56 Å². The molecule has 2 N–H and O–H groups in total. The number of hydrogen-bond acceptors (Lipinski definition) is 2. The van der Waals surface area contributed by atoms with Crippen molar-refractivity contribution in [2.45, 2.75) is 0 Å². The van der Waals surface area contributed by atoms with Crippen LogP contribution in [0.5, 0.6) is 0 Å². The lowest BCUT2D eigenvalue weighted by atomic mass is 10.1. The number of hydrogen-bond donors (Lipinski definition) is 2. The lowest BCUT2D eigenvalue weighted by Gasteiger charge is -1.98. The van der Waals surface area contributed by atoms with Crippen molar-refractivity contribution in [3.8, 4) is 0 Å². The summed E-state index contributed by atoms with van der Waals surface area (Å²) in [6.45, 7) is 0.837. The Balaban J connectivity index is 2.41. The molecule has 0 amide bonds. The van der Waals surface area contributed by atoms with Gasteiger partial charge in [0.05, 0.1) is 0 Å². The minimum absolute atomic E-state index is 0.0551. The van der Waals surface area contributed by atoms with Gasteiger partial charge in [0, 0.05) is 29.7 Å². The average molecular weight is 214 g/mol. The summed E-state index contributed by atoms with van der Waals surface area (Å²) in [7, 11) is 1.90. The second kappa shape index (κ2) is 4.77. The lowest BCUT2D eigenvalue weighted by molar-refractivity contribution is 0.922. The number of fused-ring (bicyclic) bond motifs is 1. The van der Waals surface area contributed by atoms with E-state index in [0.717, 1.165) is 23.0 Å². The van der Waals surface area contributed by atoms with E-state index in [1.807, 2.05) is 37.4 Å². The number of likely N-dealkylation sites (N-methyl/N-ethyl adjacent to an activating group) is 1. The fourth-order valence-corrected chi connectivity index (χ4v) is 1.61. The quantitative estimate of drug-likeness (QED) is 0.817. The maximum atomic E-state index is 11.5. The summed E-state index contributed by atoms with van der Waals surface area (Å²) in [5, 5.41) is 3.77. The fraction of sp³-hybridized carbons (Fsp3) is 0.154. The van der Waals surface area contributed by atoms with Gasteiger partial charge in [0.25, 0.3) is 0 Å². The molecule has 0 aliphatic heterocycles. The fourth-order valence-electron chi connectivity index (χ4n) is 1.61. The molecule has 0 atom stereocenters. The molecule has 0 aliphatic rings. The standard InChI is InChI=1S/C13H14N2O/c1-14-7-2-3-10-4-5-11-12(9-10)15-8-6-13(11)16/h2-6,8-9,14H,7H2,1H3,(H,15,16). The Kier molecular flexibility index (Phi) is 3.17. The molecule has 0 bridgehead atoms. The number of pyridine rings is 1. The molecule has 0 aliphatic carbocycles. The van der Waals surface area contributed by atoms with Crippen molar-refractivity contribution in [2.24, 2.45) is 0 Å². The predicted octanol–water partition coefficient (Wildman–Crippen LogP) is 1.76. The molecule has 0 unspecified atom stereocenters. The summed E-state index contributed by atoms with van der Waals surface area (Å²) < 4.78 is 0. The molecule has 82 valence electrons. The Morgan fingerprint density at radius 1 is 1.38 bits per heavy atom. The van der Waals surface area contributed by atoms with Crippen LogP contribution in [0.2, 0.25) is 0 Å².